The minimum Gasteiger partial charge on any atom is -0.406 e. The predicted molar refractivity (Wildman–Crippen MR) is 542 cm³/mol. The molecule has 10 aromatic carbocycles. The average Bonchev–Trinajstić information content (AvgIpc) is 1.60. The van der Waals surface area contributed by atoms with Crippen LogP contribution in [0.25, 0.3) is 81.9 Å². The minimum absolute atomic E-state index is 0.0219. The van der Waals surface area contributed by atoms with Crippen molar-refractivity contribution in [3.63, 3.8) is 0 Å². The van der Waals surface area contributed by atoms with Crippen LogP contribution in [-0.4, -0.2) is 93.9 Å². The Kier molecular flexibility index (Phi) is 29.6. The van der Waals surface area contributed by atoms with Crippen molar-refractivity contribution in [1.82, 2.24) is 47.8 Å². The Balaban J connectivity index is 0.000000135. The number of ether oxygens (including phenoxy) is 1. The van der Waals surface area contributed by atoms with Crippen LogP contribution in [0, 0.1) is 80.4 Å². The lowest BCUT2D eigenvalue weighted by atomic mass is 9.68. The van der Waals surface area contributed by atoms with Gasteiger partial charge in [0.25, 0.3) is 0 Å². The Labute approximate surface area is 828 Å². The summed E-state index contributed by atoms with van der Waals surface area (Å²) in [4.78, 5) is 93.2. The molecule has 7 N–H and O–H groups in total. The maximum Gasteiger partial charge on any atom is 0.573 e. The molecule has 15 aromatic rings. The van der Waals surface area contributed by atoms with Gasteiger partial charge in [0.05, 0.1) is 104 Å². The number of aryl methyl sites for hydroxylation is 4. The van der Waals surface area contributed by atoms with E-state index in [9.17, 15) is 64.9 Å². The summed E-state index contributed by atoms with van der Waals surface area (Å²) in [7, 11) is 0. The lowest BCUT2D eigenvalue weighted by Crippen LogP contribution is -2.38. The lowest BCUT2D eigenvalue weighted by molar-refractivity contribution is -0.274. The zero-order chi connectivity index (χ0) is 103. The van der Waals surface area contributed by atoms with Crippen LogP contribution in [0.4, 0.5) is 71.8 Å². The fraction of sp³-hybridized carbons (Fsp3) is 0.345. The van der Waals surface area contributed by atoms with Crippen molar-refractivity contribution in [2.75, 3.05) is 26.6 Å². The predicted octanol–water partition coefficient (Wildman–Crippen LogP) is 26.3. The summed E-state index contributed by atoms with van der Waals surface area (Å²) in [5, 5.41) is 36.6. The third kappa shape index (κ3) is 24.1. The van der Waals surface area contributed by atoms with Crippen LogP contribution < -0.4 is 31.3 Å². The van der Waals surface area contributed by atoms with E-state index in [4.69, 9.17) is 24.7 Å². The number of hydrogen-bond acceptors (Lipinski definition) is 13. The first-order valence-corrected chi connectivity index (χ1v) is 47.7. The molecule has 5 heterocycles. The number of imidazole rings is 5. The molecule has 33 heteroatoms. The highest BCUT2D eigenvalue weighted by molar-refractivity contribution is 6.31. The zero-order valence-electron chi connectivity index (χ0n) is 81.8. The molecule has 2 atom stereocenters. The van der Waals surface area contributed by atoms with Crippen LogP contribution in [0.5, 0.6) is 5.75 Å². The first kappa shape index (κ1) is 103. The van der Waals surface area contributed by atoms with Gasteiger partial charge in [0.15, 0.2) is 23.0 Å². The number of halogens is 8. The summed E-state index contributed by atoms with van der Waals surface area (Å²) >= 11 is 6.21. The lowest BCUT2D eigenvalue weighted by Gasteiger charge is -2.41. The number of rotatable bonds is 22. The van der Waals surface area contributed by atoms with Crippen LogP contribution in [0.15, 0.2) is 200 Å². The van der Waals surface area contributed by atoms with Crippen LogP contribution in [-0.2, 0) is 46.3 Å². The smallest absolute Gasteiger partial charge is 0.406 e. The molecule has 4 aliphatic carbocycles. The second kappa shape index (κ2) is 41.2. The number of hydrogen-bond donors (Lipinski definition) is 7. The number of benzene rings is 10. The maximum absolute atomic E-state index is 13.8. The number of amides is 5. The Bertz CT molecular complexity index is 7450. The summed E-state index contributed by atoms with van der Waals surface area (Å²) in [6, 6.07) is 54.6. The molecule has 742 valence electrons. The second-order valence-electron chi connectivity index (χ2n) is 40.8. The molecule has 0 unspecified atom stereocenters. The highest BCUT2D eigenvalue weighted by Gasteiger charge is 2.42. The van der Waals surface area contributed by atoms with Crippen molar-refractivity contribution in [3.8, 4) is 22.8 Å². The number of nitrogens with one attached hydrogen (secondary N) is 5. The summed E-state index contributed by atoms with van der Waals surface area (Å²) in [6.45, 7) is 40.0. The third-order valence-electron chi connectivity index (χ3n) is 26.9. The van der Waals surface area contributed by atoms with Gasteiger partial charge in [-0.1, -0.05) is 137 Å². The van der Waals surface area contributed by atoms with Crippen molar-refractivity contribution >= 4 is 137 Å². The highest BCUT2D eigenvalue weighted by atomic mass is 35.5. The topological polar surface area (TPSA) is 293 Å². The largest absolute Gasteiger partial charge is 0.573 e. The SMILES string of the molecule is Cc1ccc2nc(NC(=O)CC(C)(C)C)n(-c3ccc(F)c(F)c3)c2c1.Cc1ccc2nc(NC(=O)CC3(C)CCC3)n(-c3cc(F)cc(F)c3)c2c1.Cc1ccc2nc(NC(=O)CC3(C)CCC3)n(-c3ccc(OC(F)(F)F)cc3)c2c1.[C-]#[N+]c1ccc2nc(NC(=O)C[C@](C)(O)c3ccc(C)cc3)n(C3(C)CCC3)c2c1.[C-]#[N+]c1ccc2nc(NC(=O)C[C@](C)(O)c3ccccc3Cl)n(C3(C)CCC3)c2c1. The molecule has 5 amide bonds. The molecule has 25 nitrogen and oxygen atoms in total. The molecule has 0 saturated heterocycles. The maximum atomic E-state index is 13.8. The van der Waals surface area contributed by atoms with Gasteiger partial charge in [0.2, 0.25) is 59.3 Å². The van der Waals surface area contributed by atoms with Crippen molar-refractivity contribution < 1.29 is 69.7 Å². The van der Waals surface area contributed by atoms with Crippen LogP contribution >= 0.6 is 11.6 Å². The summed E-state index contributed by atoms with van der Waals surface area (Å²) in [6.07, 6.45) is 8.68. The molecule has 0 radical (unpaired) electrons. The van der Waals surface area contributed by atoms with Gasteiger partial charge in [0, 0.05) is 58.7 Å². The standard InChI is InChI=1S/C24H26N4O2.C23H23ClN4O2.C22H22F3N3O2.C21H21F2N3O.C20H21F2N3O/c1-16-6-8-17(9-7-16)24(3,30)15-21(29)27-22-26-19-11-10-18(25-4)14-20(19)28(22)23(2)12-5-13-23;1-22(11-6-12-22)28-19-13-15(25-3)9-10-18(19)26-21(28)27-20(29)14-23(2,30)16-7-4-5-8-17(16)24;1-14-4-9-17-18(12-14)28(15-5-7-16(8-6-15)30-22(23,24)25)20(26-17)27-19(29)13-21(2)10-3-11-21;1-13-4-5-17-18(8-13)26(16-10-14(22)9-15(23)11-16)20(24-17)25-19(27)12-21(2)6-3-7-21;1-12-5-8-16-17(9-12)25(13-6-7-14(21)15(22)10-13)19(23-16)24-18(26)11-20(2,3)4/h6-11,14,30H,5,12-13,15H2,1-3H3,(H,26,27,29);4-5,7-10,13,30H,6,11-12,14H2,1-2H3,(H,26,27,29);4-9,12H,3,10-11,13H2,1-2H3,(H,26,27,29);4-5,8-11H,3,6-7,12H2,1-2H3,(H,24,25,27);5-10H,11H2,1-4H3,(H,23,24,26)/t24-;23-;;;/m00.../s1. The zero-order valence-corrected chi connectivity index (χ0v) is 82.6. The van der Waals surface area contributed by atoms with Gasteiger partial charge in [-0.3, -0.25) is 64.3 Å². The number of alkyl halides is 3. The van der Waals surface area contributed by atoms with E-state index in [0.717, 1.165) is 145 Å². The third-order valence-corrected chi connectivity index (χ3v) is 27.2. The van der Waals surface area contributed by atoms with Gasteiger partial charge in [-0.25, -0.2) is 52.2 Å². The highest BCUT2D eigenvalue weighted by Crippen LogP contribution is 2.49. The van der Waals surface area contributed by atoms with Crippen LogP contribution in [0.2, 0.25) is 5.02 Å². The monoisotopic (exact) mass is 1970 g/mol. The number of nitrogens with zero attached hydrogens (tertiary/aromatic N) is 12. The molecular weight excluding hydrogens is 1860 g/mol. The van der Waals surface area contributed by atoms with E-state index < -0.39 is 40.8 Å². The Morgan fingerprint density at radius 1 is 0.406 bits per heavy atom. The molecule has 143 heavy (non-hydrogen) atoms. The van der Waals surface area contributed by atoms with E-state index >= 15 is 0 Å². The van der Waals surface area contributed by atoms with E-state index in [2.05, 4.69) is 98.2 Å². The first-order chi connectivity index (χ1) is 67.5. The Morgan fingerprint density at radius 3 is 1.17 bits per heavy atom. The molecule has 0 aliphatic heterocycles. The average molecular weight is 1970 g/mol. The number of aliphatic hydroxyl groups is 2. The van der Waals surface area contributed by atoms with E-state index in [1.54, 1.807) is 70.0 Å². The molecular formula is C110H113ClF7N17O8. The minimum atomic E-state index is -4.75. The fourth-order valence-corrected chi connectivity index (χ4v) is 19.0. The summed E-state index contributed by atoms with van der Waals surface area (Å²) < 4.78 is 105. The number of carbonyl (C=O) groups is 5. The van der Waals surface area contributed by atoms with Gasteiger partial charge >= 0.3 is 6.36 Å². The second-order valence-corrected chi connectivity index (χ2v) is 41.2. The molecule has 0 spiro atoms. The van der Waals surface area contributed by atoms with Gasteiger partial charge in [-0.15, -0.1) is 13.2 Å². The Hall–Kier alpha value is -14.6. The van der Waals surface area contributed by atoms with E-state index in [-0.39, 0.29) is 93.0 Å². The Morgan fingerprint density at radius 2 is 0.776 bits per heavy atom. The molecule has 19 rings (SSSR count). The number of fused-ring (bicyclic) bond motifs is 5. The molecule has 4 aliphatic rings. The van der Waals surface area contributed by atoms with Gasteiger partial charge in [0.1, 0.15) is 17.4 Å². The molecule has 4 saturated carbocycles. The number of carbonyl (C=O) groups excluding carboxylic acids is 5. The quantitative estimate of drug-likeness (QED) is 0.0246. The summed E-state index contributed by atoms with van der Waals surface area (Å²) in [5.74, 6) is -2.85. The molecule has 5 aromatic heterocycles. The van der Waals surface area contributed by atoms with Crippen molar-refractivity contribution in [3.05, 3.63) is 285 Å². The first-order valence-electron chi connectivity index (χ1n) is 47.4. The molecule has 0 bridgehead atoms. The van der Waals surface area contributed by atoms with Crippen LogP contribution in [0.1, 0.15) is 205 Å². The van der Waals surface area contributed by atoms with Crippen molar-refractivity contribution in [1.29, 1.82) is 0 Å². The van der Waals surface area contributed by atoms with Gasteiger partial charge in [-0.2, -0.15) is 0 Å². The van der Waals surface area contributed by atoms with E-state index in [1.807, 2.05) is 150 Å². The van der Waals surface area contributed by atoms with Crippen LogP contribution in [0.3, 0.4) is 0 Å². The normalized spacial score (nSPS) is 15.5. The van der Waals surface area contributed by atoms with Gasteiger partial charge in [-0.05, 0) is 273 Å². The number of aromatic nitrogens is 10. The van der Waals surface area contributed by atoms with Crippen molar-refractivity contribution in [2.24, 2.45) is 16.2 Å². The van der Waals surface area contributed by atoms with Gasteiger partial charge < -0.3 is 24.1 Å². The van der Waals surface area contributed by atoms with Crippen molar-refractivity contribution in [2.45, 2.75) is 228 Å². The van der Waals surface area contributed by atoms with E-state index in [0.29, 0.717) is 104 Å². The van der Waals surface area contributed by atoms with E-state index in [1.165, 1.54) is 42.5 Å². The summed E-state index contributed by atoms with van der Waals surface area (Å²) in [5.41, 5.74) is 11.8. The molecule has 4 fully saturated rings. The number of anilines is 5. The fourth-order valence-electron chi connectivity index (χ4n) is 18.7.